The van der Waals surface area contributed by atoms with E-state index in [0.29, 0.717) is 24.2 Å². The molecule has 0 fully saturated rings. The summed E-state index contributed by atoms with van der Waals surface area (Å²) >= 11 is 0. The predicted octanol–water partition coefficient (Wildman–Crippen LogP) is 23.6. The Morgan fingerprint density at radius 1 is 0.212 bits per heavy atom. The lowest BCUT2D eigenvalue weighted by atomic mass is 10.0. The Kier molecular flexibility index (Phi) is 56.9. The van der Waals surface area contributed by atoms with Crippen molar-refractivity contribution in [1.82, 2.24) is 0 Å². The quantitative estimate of drug-likeness (QED) is 0.0568. The van der Waals surface area contributed by atoms with Crippen LogP contribution in [-0.4, -0.2) is 74.2 Å². The smallest absolute Gasteiger partial charge is 0.183 e. The molecule has 4 rings (SSSR count). The van der Waals surface area contributed by atoms with Crippen molar-refractivity contribution in [1.29, 1.82) is 0 Å². The monoisotopic (exact) mass is 1130 g/mol. The molecule has 0 radical (unpaired) electrons. The minimum Gasteiger partial charge on any atom is -0.479 e. The average molecular weight is 1130 g/mol. The van der Waals surface area contributed by atoms with Gasteiger partial charge in [-0.2, -0.15) is 0 Å². The van der Waals surface area contributed by atoms with E-state index in [1.807, 2.05) is 0 Å². The van der Waals surface area contributed by atoms with E-state index in [1.54, 1.807) is 0 Å². The molecule has 80 heavy (non-hydrogen) atoms. The van der Waals surface area contributed by atoms with Crippen LogP contribution in [0.3, 0.4) is 0 Å². The van der Waals surface area contributed by atoms with Gasteiger partial charge < -0.3 is 18.9 Å². The van der Waals surface area contributed by atoms with Crippen molar-refractivity contribution in [2.24, 2.45) is 20.0 Å². The summed E-state index contributed by atoms with van der Waals surface area (Å²) in [4.78, 5) is 17.9. The zero-order valence-electron chi connectivity index (χ0n) is 55.3. The van der Waals surface area contributed by atoms with Crippen LogP contribution in [0.15, 0.2) is 20.0 Å². The number of ether oxygens (including phenoxy) is 4. The van der Waals surface area contributed by atoms with Crippen LogP contribution in [0.2, 0.25) is 0 Å². The number of hydrogen-bond donors (Lipinski definition) is 0. The summed E-state index contributed by atoms with van der Waals surface area (Å²) in [6.45, 7) is 20.8. The zero-order valence-corrected chi connectivity index (χ0v) is 55.3. The number of nitrogens with zero attached hydrogens (tertiary/aromatic N) is 4. The Morgan fingerprint density at radius 2 is 0.338 bits per heavy atom. The SMILES string of the molecule is CCCCCCCCCCCC1=NC(C)CO1.CCCCCCCCCCCCCC1=NC(C)CO1.CCCCCCCCCCCCCCCC1=NC(C)CO1.CCCCCCCCCCCCCCCCCC1=NC(C)CO1. The van der Waals surface area contributed by atoms with Gasteiger partial charge in [0, 0.05) is 25.7 Å². The molecule has 0 bridgehead atoms. The standard InChI is InChI=1S/C21H41NO.C19H37NO.C17H33NO.C15H29NO/c1-3-4-5-6-7-8-9-10-11-12-13-14-15-16-17-18-21-22-20(2)19-23-21;1-3-4-5-6-7-8-9-10-11-12-13-14-15-16-19-20-18(2)17-21-19;1-3-4-5-6-7-8-9-10-11-12-13-14-17-18-16(2)15-19-17;1-3-4-5-6-7-8-9-10-11-12-15-16-14(2)13-17-15/h20H,3-19H2,1-2H3;18H,3-17H2,1-2H3;16H,3-15H2,1-2H3;14H,3-13H2,1-2H3. The minimum absolute atomic E-state index is 0.390. The summed E-state index contributed by atoms with van der Waals surface area (Å²) in [5, 5.41) is 0. The zero-order chi connectivity index (χ0) is 57.9. The summed E-state index contributed by atoms with van der Waals surface area (Å²) in [6, 6.07) is 1.56. The molecule has 0 amide bonds. The Hall–Kier alpha value is -2.12. The van der Waals surface area contributed by atoms with Gasteiger partial charge in [0.05, 0.1) is 24.2 Å². The van der Waals surface area contributed by atoms with Crippen LogP contribution in [0.5, 0.6) is 0 Å². The highest BCUT2D eigenvalue weighted by Gasteiger charge is 2.16. The first-order valence-electron chi connectivity index (χ1n) is 36.1. The molecule has 0 aromatic rings. The van der Waals surface area contributed by atoms with Gasteiger partial charge in [0.15, 0.2) is 23.6 Å². The normalized spacial score (nSPS) is 18.1. The molecule has 472 valence electrons. The molecule has 0 spiro atoms. The van der Waals surface area contributed by atoms with E-state index in [0.717, 1.165) is 75.7 Å². The fourth-order valence-corrected chi connectivity index (χ4v) is 11.2. The maximum Gasteiger partial charge on any atom is 0.183 e. The van der Waals surface area contributed by atoms with Gasteiger partial charge in [0.25, 0.3) is 0 Å². The molecule has 8 heteroatoms. The van der Waals surface area contributed by atoms with E-state index < -0.39 is 0 Å². The molecule has 4 aliphatic heterocycles. The maximum absolute atomic E-state index is 5.53. The molecule has 0 saturated heterocycles. The Balaban J connectivity index is 0.000000536. The number of rotatable bonds is 52. The topological polar surface area (TPSA) is 86.4 Å². The number of aliphatic imine (C=N–C) groups is 4. The third kappa shape index (κ3) is 52.7. The van der Waals surface area contributed by atoms with Gasteiger partial charge in [-0.3, -0.25) is 0 Å². The van der Waals surface area contributed by atoms with Crippen LogP contribution >= 0.6 is 0 Å². The van der Waals surface area contributed by atoms with Gasteiger partial charge in [-0.1, -0.05) is 310 Å². The van der Waals surface area contributed by atoms with Crippen LogP contribution < -0.4 is 0 Å². The lowest BCUT2D eigenvalue weighted by Crippen LogP contribution is -2.00. The summed E-state index contributed by atoms with van der Waals surface area (Å²) in [6.07, 6.45) is 71.7. The van der Waals surface area contributed by atoms with Crippen molar-refractivity contribution < 1.29 is 18.9 Å². The predicted molar refractivity (Wildman–Crippen MR) is 354 cm³/mol. The minimum atomic E-state index is 0.390. The van der Waals surface area contributed by atoms with Crippen molar-refractivity contribution in [3.63, 3.8) is 0 Å². The molecule has 4 aliphatic rings. The maximum atomic E-state index is 5.53. The Morgan fingerprint density at radius 3 is 0.450 bits per heavy atom. The van der Waals surface area contributed by atoms with Crippen LogP contribution in [0, 0.1) is 0 Å². The van der Waals surface area contributed by atoms with E-state index in [2.05, 4.69) is 75.4 Å². The van der Waals surface area contributed by atoms with E-state index >= 15 is 0 Å². The third-order valence-corrected chi connectivity index (χ3v) is 16.4. The Labute approximate surface area is 500 Å². The molecule has 4 unspecified atom stereocenters. The van der Waals surface area contributed by atoms with Crippen molar-refractivity contribution in [2.45, 2.75) is 413 Å². The second kappa shape index (κ2) is 60.0. The third-order valence-electron chi connectivity index (χ3n) is 16.4. The fraction of sp³-hybridized carbons (Fsp3) is 0.944. The number of hydrogen-bond acceptors (Lipinski definition) is 8. The lowest BCUT2D eigenvalue weighted by molar-refractivity contribution is 0.314. The van der Waals surface area contributed by atoms with Gasteiger partial charge in [0.2, 0.25) is 0 Å². The molecule has 0 N–H and O–H groups in total. The molecular weight excluding hydrogens is 985 g/mol. The fourth-order valence-electron chi connectivity index (χ4n) is 11.2. The van der Waals surface area contributed by atoms with Crippen molar-refractivity contribution in [2.75, 3.05) is 26.4 Å². The molecule has 0 aromatic carbocycles. The average Bonchev–Trinajstić information content (AvgIpc) is 4.29. The molecule has 8 nitrogen and oxygen atoms in total. The van der Waals surface area contributed by atoms with E-state index in [1.165, 1.54) is 308 Å². The van der Waals surface area contributed by atoms with Crippen LogP contribution in [0.4, 0.5) is 0 Å². The summed E-state index contributed by atoms with van der Waals surface area (Å²) in [7, 11) is 0. The molecule has 4 atom stereocenters. The van der Waals surface area contributed by atoms with Crippen molar-refractivity contribution in [3.05, 3.63) is 0 Å². The molecule has 0 saturated carbocycles. The first-order chi connectivity index (χ1) is 39.3. The first kappa shape index (κ1) is 75.9. The van der Waals surface area contributed by atoms with Gasteiger partial charge in [0.1, 0.15) is 26.4 Å². The molecule has 0 aromatic heterocycles. The van der Waals surface area contributed by atoms with Crippen LogP contribution in [0.25, 0.3) is 0 Å². The summed E-state index contributed by atoms with van der Waals surface area (Å²) in [5.41, 5.74) is 0. The largest absolute Gasteiger partial charge is 0.479 e. The highest BCUT2D eigenvalue weighted by Crippen LogP contribution is 2.19. The van der Waals surface area contributed by atoms with E-state index in [9.17, 15) is 0 Å². The van der Waals surface area contributed by atoms with E-state index in [4.69, 9.17) is 18.9 Å². The molecule has 4 heterocycles. The van der Waals surface area contributed by atoms with Crippen molar-refractivity contribution in [3.8, 4) is 0 Å². The molecule has 0 aliphatic carbocycles. The summed E-state index contributed by atoms with van der Waals surface area (Å²) < 4.78 is 22.1. The highest BCUT2D eigenvalue weighted by atomic mass is 16.5. The lowest BCUT2D eigenvalue weighted by Gasteiger charge is -2.04. The van der Waals surface area contributed by atoms with Crippen LogP contribution in [-0.2, 0) is 18.9 Å². The van der Waals surface area contributed by atoms with Gasteiger partial charge in [-0.25, -0.2) is 20.0 Å². The van der Waals surface area contributed by atoms with Gasteiger partial charge in [-0.05, 0) is 53.4 Å². The van der Waals surface area contributed by atoms with Crippen LogP contribution in [0.1, 0.15) is 389 Å². The van der Waals surface area contributed by atoms with Gasteiger partial charge in [-0.15, -0.1) is 0 Å². The van der Waals surface area contributed by atoms with Gasteiger partial charge >= 0.3 is 0 Å². The van der Waals surface area contributed by atoms with E-state index in [-0.39, 0.29) is 0 Å². The second-order valence-corrected chi connectivity index (χ2v) is 25.3. The Bertz CT molecular complexity index is 1420. The van der Waals surface area contributed by atoms with Crippen molar-refractivity contribution >= 4 is 23.6 Å². The first-order valence-corrected chi connectivity index (χ1v) is 36.1. The highest BCUT2D eigenvalue weighted by molar-refractivity contribution is 5.78. The summed E-state index contributed by atoms with van der Waals surface area (Å²) in [5.74, 6) is 4.02. The molecular formula is C72H140N4O4. The number of unbranched alkanes of at least 4 members (excludes halogenated alkanes) is 44. The second-order valence-electron chi connectivity index (χ2n) is 25.3.